The van der Waals surface area contributed by atoms with Crippen LogP contribution in [0.1, 0.15) is 29.9 Å². The van der Waals surface area contributed by atoms with E-state index in [0.717, 1.165) is 22.3 Å². The molecule has 2 aromatic carbocycles. The zero-order valence-corrected chi connectivity index (χ0v) is 18.0. The fraction of sp³-hybridized carbons (Fsp3) is 0.318. The van der Waals surface area contributed by atoms with Crippen molar-refractivity contribution in [2.75, 3.05) is 19.9 Å². The fourth-order valence-corrected chi connectivity index (χ4v) is 3.87. The molecule has 1 unspecified atom stereocenters. The van der Waals surface area contributed by atoms with Crippen molar-refractivity contribution >= 4 is 17.7 Å². The van der Waals surface area contributed by atoms with Gasteiger partial charge in [0, 0.05) is 7.05 Å². The average molecular weight is 411 g/mol. The van der Waals surface area contributed by atoms with Gasteiger partial charge in [0.2, 0.25) is 5.91 Å². The van der Waals surface area contributed by atoms with Gasteiger partial charge in [-0.1, -0.05) is 54.2 Å². The number of aromatic nitrogens is 3. The molecule has 0 aliphatic carbocycles. The summed E-state index contributed by atoms with van der Waals surface area (Å²) in [5, 5.41) is 9.20. The van der Waals surface area contributed by atoms with Crippen LogP contribution in [0, 0.1) is 6.92 Å². The van der Waals surface area contributed by atoms with Crippen molar-refractivity contribution < 1.29 is 9.53 Å². The molecule has 6 nitrogen and oxygen atoms in total. The van der Waals surface area contributed by atoms with Gasteiger partial charge in [-0.25, -0.2) is 0 Å². The summed E-state index contributed by atoms with van der Waals surface area (Å²) in [4.78, 5) is 14.5. The highest BCUT2D eigenvalue weighted by molar-refractivity contribution is 7.99. The van der Waals surface area contributed by atoms with Crippen molar-refractivity contribution in [1.82, 2.24) is 19.7 Å². The number of hydrogen-bond donors (Lipinski definition) is 0. The van der Waals surface area contributed by atoms with Crippen LogP contribution < -0.4 is 4.74 Å². The van der Waals surface area contributed by atoms with E-state index in [4.69, 9.17) is 4.74 Å². The van der Waals surface area contributed by atoms with Crippen molar-refractivity contribution in [2.45, 2.75) is 31.6 Å². The standard InChI is InChI=1S/C22H26N4O2S/c1-16(19-10-12-20(28-4)13-11-19)25(3)21(27)15-29-22-24-23-17(2)26(22)14-18-8-6-5-7-9-18/h5-13,16H,14-15H2,1-4H3. The fourth-order valence-electron chi connectivity index (χ4n) is 2.97. The van der Waals surface area contributed by atoms with E-state index in [1.165, 1.54) is 17.3 Å². The Hall–Kier alpha value is -2.80. The molecule has 1 amide bonds. The van der Waals surface area contributed by atoms with Crippen LogP contribution in [-0.2, 0) is 11.3 Å². The van der Waals surface area contributed by atoms with Gasteiger partial charge in [0.15, 0.2) is 5.16 Å². The Morgan fingerprint density at radius 3 is 2.48 bits per heavy atom. The number of nitrogens with zero attached hydrogens (tertiary/aromatic N) is 4. The maximum atomic E-state index is 12.8. The molecule has 0 fully saturated rings. The van der Waals surface area contributed by atoms with Gasteiger partial charge in [-0.3, -0.25) is 4.79 Å². The first-order chi connectivity index (χ1) is 14.0. The third-order valence-electron chi connectivity index (χ3n) is 4.98. The molecule has 0 aliphatic rings. The molecule has 3 rings (SSSR count). The second kappa shape index (κ2) is 9.60. The molecule has 3 aromatic rings. The second-order valence-electron chi connectivity index (χ2n) is 6.84. The lowest BCUT2D eigenvalue weighted by Gasteiger charge is -2.25. The first-order valence-corrected chi connectivity index (χ1v) is 10.4. The van der Waals surface area contributed by atoms with Gasteiger partial charge in [0.05, 0.1) is 25.4 Å². The Balaban J connectivity index is 1.62. The molecule has 0 aliphatic heterocycles. The lowest BCUT2D eigenvalue weighted by Crippen LogP contribution is -2.31. The molecule has 1 atom stereocenters. The van der Waals surface area contributed by atoms with E-state index in [0.29, 0.717) is 12.3 Å². The van der Waals surface area contributed by atoms with Crippen LogP contribution in [0.15, 0.2) is 59.8 Å². The SMILES string of the molecule is COc1ccc(C(C)N(C)C(=O)CSc2nnc(C)n2Cc2ccccc2)cc1. The van der Waals surface area contributed by atoms with E-state index in [1.54, 1.807) is 12.0 Å². The Morgan fingerprint density at radius 2 is 1.83 bits per heavy atom. The van der Waals surface area contributed by atoms with Gasteiger partial charge < -0.3 is 14.2 Å². The summed E-state index contributed by atoms with van der Waals surface area (Å²) < 4.78 is 7.24. The maximum absolute atomic E-state index is 12.8. The van der Waals surface area contributed by atoms with E-state index >= 15 is 0 Å². The molecule has 152 valence electrons. The minimum atomic E-state index is -0.0297. The van der Waals surface area contributed by atoms with E-state index in [-0.39, 0.29) is 11.9 Å². The third-order valence-corrected chi connectivity index (χ3v) is 5.93. The van der Waals surface area contributed by atoms with Crippen molar-refractivity contribution in [3.8, 4) is 5.75 Å². The van der Waals surface area contributed by atoms with Gasteiger partial charge in [0.1, 0.15) is 11.6 Å². The molecule has 0 N–H and O–H groups in total. The molecule has 29 heavy (non-hydrogen) atoms. The zero-order chi connectivity index (χ0) is 20.8. The Kier molecular flexibility index (Phi) is 6.93. The van der Waals surface area contributed by atoms with Crippen LogP contribution in [0.25, 0.3) is 0 Å². The van der Waals surface area contributed by atoms with Crippen molar-refractivity contribution in [3.63, 3.8) is 0 Å². The topological polar surface area (TPSA) is 60.2 Å². The highest BCUT2D eigenvalue weighted by atomic mass is 32.2. The van der Waals surface area contributed by atoms with Gasteiger partial charge in [-0.05, 0) is 37.1 Å². The number of benzene rings is 2. The predicted molar refractivity (Wildman–Crippen MR) is 115 cm³/mol. The van der Waals surface area contributed by atoms with Crippen LogP contribution in [0.4, 0.5) is 0 Å². The van der Waals surface area contributed by atoms with Crippen LogP contribution in [0.3, 0.4) is 0 Å². The third kappa shape index (κ3) is 5.17. The monoisotopic (exact) mass is 410 g/mol. The Bertz CT molecular complexity index is 941. The van der Waals surface area contributed by atoms with Crippen LogP contribution >= 0.6 is 11.8 Å². The quantitative estimate of drug-likeness (QED) is 0.526. The number of methoxy groups -OCH3 is 1. The number of ether oxygens (including phenoxy) is 1. The number of carbonyl (C=O) groups excluding carboxylic acids is 1. The molecule has 0 spiro atoms. The van der Waals surface area contributed by atoms with Crippen molar-refractivity contribution in [3.05, 3.63) is 71.5 Å². The number of rotatable bonds is 8. The summed E-state index contributed by atoms with van der Waals surface area (Å²) in [6.07, 6.45) is 0. The van der Waals surface area contributed by atoms with E-state index in [1.807, 2.05) is 67.9 Å². The lowest BCUT2D eigenvalue weighted by molar-refractivity contribution is -0.128. The number of hydrogen-bond acceptors (Lipinski definition) is 5. The minimum absolute atomic E-state index is 0.0297. The number of thioether (sulfide) groups is 1. The molecule has 0 radical (unpaired) electrons. The van der Waals surface area contributed by atoms with E-state index in [2.05, 4.69) is 22.3 Å². The molecule has 0 bridgehead atoms. The predicted octanol–water partition coefficient (Wildman–Crippen LogP) is 3.96. The summed E-state index contributed by atoms with van der Waals surface area (Å²) in [5.74, 6) is 2.00. The van der Waals surface area contributed by atoms with Crippen LogP contribution in [-0.4, -0.2) is 45.5 Å². The summed E-state index contributed by atoms with van der Waals surface area (Å²) in [6.45, 7) is 4.64. The van der Waals surface area contributed by atoms with Gasteiger partial charge in [-0.15, -0.1) is 10.2 Å². The number of amides is 1. The Labute approximate surface area is 175 Å². The Morgan fingerprint density at radius 1 is 1.14 bits per heavy atom. The van der Waals surface area contributed by atoms with Crippen LogP contribution in [0.5, 0.6) is 5.75 Å². The summed E-state index contributed by atoms with van der Waals surface area (Å²) in [6, 6.07) is 17.9. The smallest absolute Gasteiger partial charge is 0.233 e. The summed E-state index contributed by atoms with van der Waals surface area (Å²) in [7, 11) is 3.47. The summed E-state index contributed by atoms with van der Waals surface area (Å²) >= 11 is 1.42. The number of carbonyl (C=O) groups is 1. The maximum Gasteiger partial charge on any atom is 0.233 e. The summed E-state index contributed by atoms with van der Waals surface area (Å²) in [5.41, 5.74) is 2.24. The molecule has 1 heterocycles. The minimum Gasteiger partial charge on any atom is -0.497 e. The second-order valence-corrected chi connectivity index (χ2v) is 7.79. The van der Waals surface area contributed by atoms with Crippen molar-refractivity contribution in [2.24, 2.45) is 0 Å². The van der Waals surface area contributed by atoms with E-state index in [9.17, 15) is 4.79 Å². The highest BCUT2D eigenvalue weighted by Crippen LogP contribution is 2.24. The first kappa shape index (κ1) is 20.9. The first-order valence-electron chi connectivity index (χ1n) is 9.45. The molecule has 0 saturated carbocycles. The van der Waals surface area contributed by atoms with Crippen molar-refractivity contribution in [1.29, 1.82) is 0 Å². The largest absolute Gasteiger partial charge is 0.497 e. The van der Waals surface area contributed by atoms with Crippen LogP contribution in [0.2, 0.25) is 0 Å². The van der Waals surface area contributed by atoms with Gasteiger partial charge >= 0.3 is 0 Å². The average Bonchev–Trinajstić information content (AvgIpc) is 3.11. The normalized spacial score (nSPS) is 11.9. The number of aryl methyl sites for hydroxylation is 1. The molecule has 1 aromatic heterocycles. The van der Waals surface area contributed by atoms with E-state index < -0.39 is 0 Å². The molecular formula is C22H26N4O2S. The lowest BCUT2D eigenvalue weighted by atomic mass is 10.1. The molecule has 7 heteroatoms. The van der Waals surface area contributed by atoms with Gasteiger partial charge in [-0.2, -0.15) is 0 Å². The zero-order valence-electron chi connectivity index (χ0n) is 17.2. The highest BCUT2D eigenvalue weighted by Gasteiger charge is 2.19. The molecule has 0 saturated heterocycles. The molecular weight excluding hydrogens is 384 g/mol. The van der Waals surface area contributed by atoms with Gasteiger partial charge in [0.25, 0.3) is 0 Å².